The number of carbonyl (C=O) groups excluding carboxylic acids is 1. The minimum atomic E-state index is -0.585. The number of methoxy groups -OCH3 is 1. The van der Waals surface area contributed by atoms with Crippen molar-refractivity contribution in [3.05, 3.63) is 62.7 Å². The van der Waals surface area contributed by atoms with Crippen LogP contribution in [0.2, 0.25) is 5.02 Å². The van der Waals surface area contributed by atoms with E-state index in [0.717, 1.165) is 12.8 Å². The third kappa shape index (κ3) is 4.85. The fourth-order valence-corrected chi connectivity index (χ4v) is 5.43. The quantitative estimate of drug-likeness (QED) is 0.448. The van der Waals surface area contributed by atoms with E-state index in [1.54, 1.807) is 12.3 Å². The van der Waals surface area contributed by atoms with Crippen LogP contribution < -0.4 is 25.7 Å². The van der Waals surface area contributed by atoms with E-state index in [1.165, 1.54) is 25.3 Å². The second-order valence-electron chi connectivity index (χ2n) is 9.98. The second kappa shape index (κ2) is 9.87. The molecule has 37 heavy (non-hydrogen) atoms. The Labute approximate surface area is 219 Å². The summed E-state index contributed by atoms with van der Waals surface area (Å²) < 4.78 is 23.3. The van der Waals surface area contributed by atoms with Crippen molar-refractivity contribution in [1.82, 2.24) is 15.2 Å². The first kappa shape index (κ1) is 25.4. The molecular weight excluding hydrogens is 499 g/mol. The van der Waals surface area contributed by atoms with Gasteiger partial charge < -0.3 is 29.9 Å². The third-order valence-corrected chi connectivity index (χ3v) is 7.29. The first-order valence-corrected chi connectivity index (χ1v) is 12.8. The zero-order valence-electron chi connectivity index (χ0n) is 21.0. The lowest BCUT2D eigenvalue weighted by atomic mass is 10.1. The van der Waals surface area contributed by atoms with Crippen LogP contribution in [0.4, 0.5) is 10.1 Å². The summed E-state index contributed by atoms with van der Waals surface area (Å²) in [4.78, 5) is 28.6. The van der Waals surface area contributed by atoms with Crippen LogP contribution in [0.5, 0.6) is 11.5 Å². The maximum absolute atomic E-state index is 15.7. The molecule has 8 nitrogen and oxygen atoms in total. The zero-order valence-corrected chi connectivity index (χ0v) is 21.7. The van der Waals surface area contributed by atoms with Gasteiger partial charge in [0.15, 0.2) is 11.6 Å². The first-order chi connectivity index (χ1) is 17.7. The standard InChI is InChI=1S/C27H30ClFN4O4/c1-14-11-32(12-15(2)31-14)24-22(29)9-19-23(26(24)37-3)33(17-5-6-17)13-20(25(19)35)27(36)30-10-16-4-7-18(34)8-21(16)28/h4,7-9,13-15,17,31,34H,5-6,10-12H2,1-3H3,(H,30,36)/t14-,15+. The number of nitrogens with one attached hydrogen (secondary N) is 2. The SMILES string of the molecule is COc1c(N2C[C@@H](C)N[C@@H](C)C2)c(F)cc2c(=O)c(C(=O)NCc3ccc(O)cc3Cl)cn(C3CC3)c12. The van der Waals surface area contributed by atoms with E-state index >= 15 is 4.39 Å². The predicted molar refractivity (Wildman–Crippen MR) is 142 cm³/mol. The number of amides is 1. The van der Waals surface area contributed by atoms with Crippen LogP contribution in [0, 0.1) is 5.82 Å². The highest BCUT2D eigenvalue weighted by Crippen LogP contribution is 2.44. The van der Waals surface area contributed by atoms with E-state index in [2.05, 4.69) is 10.6 Å². The normalized spacial score (nSPS) is 19.8. The van der Waals surface area contributed by atoms with Crippen molar-refractivity contribution >= 4 is 34.1 Å². The molecular formula is C27H30ClFN4O4. The van der Waals surface area contributed by atoms with Gasteiger partial charge in [0, 0.05) is 49.0 Å². The van der Waals surface area contributed by atoms with Gasteiger partial charge in [0.1, 0.15) is 17.0 Å². The summed E-state index contributed by atoms with van der Waals surface area (Å²) in [5, 5.41) is 16.1. The number of pyridine rings is 1. The van der Waals surface area contributed by atoms with Crippen molar-refractivity contribution in [2.45, 2.75) is 51.4 Å². The minimum Gasteiger partial charge on any atom is -0.508 e. The van der Waals surface area contributed by atoms with E-state index in [1.807, 2.05) is 23.3 Å². The number of aromatic hydroxyl groups is 1. The molecule has 2 heterocycles. The van der Waals surface area contributed by atoms with Gasteiger partial charge in [0.2, 0.25) is 5.43 Å². The van der Waals surface area contributed by atoms with Gasteiger partial charge in [-0.3, -0.25) is 9.59 Å². The highest BCUT2D eigenvalue weighted by Gasteiger charge is 2.33. The maximum atomic E-state index is 15.7. The number of halogens is 2. The van der Waals surface area contributed by atoms with E-state index in [-0.39, 0.29) is 41.4 Å². The molecule has 2 aromatic carbocycles. The smallest absolute Gasteiger partial charge is 0.257 e. The number of piperazine rings is 1. The molecule has 2 fully saturated rings. The fraction of sp³-hybridized carbons (Fsp3) is 0.407. The summed E-state index contributed by atoms with van der Waals surface area (Å²) >= 11 is 6.15. The van der Waals surface area contributed by atoms with Gasteiger partial charge in [0.25, 0.3) is 5.91 Å². The molecule has 3 aromatic rings. The summed E-state index contributed by atoms with van der Waals surface area (Å²) in [5.41, 5.74) is 0.791. The Kier molecular flexibility index (Phi) is 6.76. The number of anilines is 1. The minimum absolute atomic E-state index is 0.0157. The molecule has 196 valence electrons. The average Bonchev–Trinajstić information content (AvgIpc) is 3.68. The lowest BCUT2D eigenvalue weighted by Crippen LogP contribution is -2.54. The van der Waals surface area contributed by atoms with Gasteiger partial charge in [0.05, 0.1) is 18.0 Å². The third-order valence-electron chi connectivity index (χ3n) is 6.94. The number of hydrogen-bond acceptors (Lipinski definition) is 6. The monoisotopic (exact) mass is 528 g/mol. The van der Waals surface area contributed by atoms with Crippen molar-refractivity contribution in [2.24, 2.45) is 0 Å². The van der Waals surface area contributed by atoms with Crippen molar-refractivity contribution in [3.8, 4) is 11.5 Å². The Morgan fingerprint density at radius 3 is 2.57 bits per heavy atom. The number of phenolic OH excluding ortho intramolecular Hbond substituents is 1. The van der Waals surface area contributed by atoms with E-state index in [4.69, 9.17) is 16.3 Å². The summed E-state index contributed by atoms with van der Waals surface area (Å²) in [7, 11) is 1.48. The van der Waals surface area contributed by atoms with Gasteiger partial charge >= 0.3 is 0 Å². The van der Waals surface area contributed by atoms with Gasteiger partial charge in [-0.2, -0.15) is 0 Å². The van der Waals surface area contributed by atoms with Gasteiger partial charge in [-0.15, -0.1) is 0 Å². The number of phenols is 1. The number of hydrogen-bond donors (Lipinski definition) is 3. The second-order valence-corrected chi connectivity index (χ2v) is 10.4. The molecule has 5 rings (SSSR count). The van der Waals surface area contributed by atoms with Crippen LogP contribution in [-0.4, -0.2) is 47.9 Å². The molecule has 2 aliphatic rings. The molecule has 1 amide bonds. The molecule has 1 saturated heterocycles. The number of ether oxygens (including phenoxy) is 1. The Morgan fingerprint density at radius 1 is 1.24 bits per heavy atom. The zero-order chi connectivity index (χ0) is 26.4. The molecule has 0 spiro atoms. The van der Waals surface area contributed by atoms with Crippen molar-refractivity contribution < 1.29 is 19.0 Å². The number of nitrogens with zero attached hydrogens (tertiary/aromatic N) is 2. The maximum Gasteiger partial charge on any atom is 0.257 e. The largest absolute Gasteiger partial charge is 0.508 e. The number of aromatic nitrogens is 1. The number of carbonyl (C=O) groups is 1. The Balaban J connectivity index is 1.58. The lowest BCUT2D eigenvalue weighted by molar-refractivity contribution is 0.0949. The van der Waals surface area contributed by atoms with Gasteiger partial charge in [-0.1, -0.05) is 17.7 Å². The highest BCUT2D eigenvalue weighted by atomic mass is 35.5. The summed E-state index contributed by atoms with van der Waals surface area (Å²) in [5.74, 6) is -0.817. The molecule has 1 aliphatic heterocycles. The van der Waals surface area contributed by atoms with E-state index in [0.29, 0.717) is 40.6 Å². The Hall–Kier alpha value is -3.30. The highest BCUT2D eigenvalue weighted by molar-refractivity contribution is 6.31. The van der Waals surface area contributed by atoms with Crippen LogP contribution in [-0.2, 0) is 6.54 Å². The number of fused-ring (bicyclic) bond motifs is 1. The molecule has 3 N–H and O–H groups in total. The molecule has 10 heteroatoms. The number of benzene rings is 2. The molecule has 2 atom stereocenters. The molecule has 1 saturated carbocycles. The topological polar surface area (TPSA) is 95.8 Å². The van der Waals surface area contributed by atoms with Crippen molar-refractivity contribution in [3.63, 3.8) is 0 Å². The molecule has 0 radical (unpaired) electrons. The Bertz CT molecular complexity index is 1430. The van der Waals surface area contributed by atoms with Crippen LogP contribution in [0.3, 0.4) is 0 Å². The summed E-state index contributed by atoms with van der Waals surface area (Å²) in [6.45, 7) is 5.35. The predicted octanol–water partition coefficient (Wildman–Crippen LogP) is 3.96. The first-order valence-electron chi connectivity index (χ1n) is 12.4. The molecule has 0 bridgehead atoms. The summed E-state index contributed by atoms with van der Waals surface area (Å²) in [6, 6.07) is 6.08. The van der Waals surface area contributed by atoms with Crippen molar-refractivity contribution in [1.29, 1.82) is 0 Å². The molecule has 0 unspecified atom stereocenters. The van der Waals surface area contributed by atoms with Gasteiger partial charge in [-0.05, 0) is 50.5 Å². The van der Waals surface area contributed by atoms with Gasteiger partial charge in [-0.25, -0.2) is 4.39 Å². The van der Waals surface area contributed by atoms with Crippen molar-refractivity contribution in [2.75, 3.05) is 25.1 Å². The molecule has 1 aromatic heterocycles. The lowest BCUT2D eigenvalue weighted by Gasteiger charge is -2.38. The fourth-order valence-electron chi connectivity index (χ4n) is 5.19. The van der Waals surface area contributed by atoms with Crippen LogP contribution in [0.1, 0.15) is 48.7 Å². The molecule has 1 aliphatic carbocycles. The Morgan fingerprint density at radius 2 is 1.95 bits per heavy atom. The van der Waals surface area contributed by atoms with Crippen LogP contribution in [0.15, 0.2) is 35.3 Å². The van der Waals surface area contributed by atoms with Crippen LogP contribution >= 0.6 is 11.6 Å². The van der Waals surface area contributed by atoms with E-state index < -0.39 is 17.2 Å². The van der Waals surface area contributed by atoms with Crippen LogP contribution in [0.25, 0.3) is 10.9 Å². The number of rotatable bonds is 6. The average molecular weight is 529 g/mol. The summed E-state index contributed by atoms with van der Waals surface area (Å²) in [6.07, 6.45) is 3.34. The van der Waals surface area contributed by atoms with E-state index in [9.17, 15) is 14.7 Å².